The second kappa shape index (κ2) is 9.73. The number of nitrogens with zero attached hydrogens (tertiary/aromatic N) is 1. The summed E-state index contributed by atoms with van der Waals surface area (Å²) < 4.78 is 11.4. The van der Waals surface area contributed by atoms with E-state index in [1.54, 1.807) is 23.1 Å². The van der Waals surface area contributed by atoms with Gasteiger partial charge in [0.15, 0.2) is 6.61 Å². The van der Waals surface area contributed by atoms with Crippen LogP contribution in [-0.4, -0.2) is 37.7 Å². The lowest BCUT2D eigenvalue weighted by Crippen LogP contribution is -2.41. The molecule has 3 amide bonds. The maximum Gasteiger partial charge on any atom is 0.319 e. The van der Waals surface area contributed by atoms with Crippen molar-refractivity contribution in [2.45, 2.75) is 45.1 Å². The Hall–Kier alpha value is -3.22. The van der Waals surface area contributed by atoms with Gasteiger partial charge in [0.25, 0.3) is 5.91 Å². The van der Waals surface area contributed by atoms with Crippen LogP contribution in [0.25, 0.3) is 0 Å². The first-order valence-electron chi connectivity index (χ1n) is 10.9. The van der Waals surface area contributed by atoms with Gasteiger partial charge in [0, 0.05) is 17.8 Å². The van der Waals surface area contributed by atoms with Gasteiger partial charge in [-0.05, 0) is 44.0 Å². The Labute approximate surface area is 182 Å². The molecule has 0 unspecified atom stereocenters. The van der Waals surface area contributed by atoms with Crippen LogP contribution in [0.5, 0.6) is 11.5 Å². The van der Waals surface area contributed by atoms with E-state index in [-0.39, 0.29) is 24.6 Å². The van der Waals surface area contributed by atoms with Gasteiger partial charge in [-0.2, -0.15) is 0 Å². The zero-order valence-electron chi connectivity index (χ0n) is 17.9. The van der Waals surface area contributed by atoms with Crippen molar-refractivity contribution < 1.29 is 19.1 Å². The Bertz CT molecular complexity index is 923. The van der Waals surface area contributed by atoms with Crippen LogP contribution in [-0.2, 0) is 4.79 Å². The van der Waals surface area contributed by atoms with Gasteiger partial charge in [0.1, 0.15) is 18.1 Å². The predicted octanol–water partition coefficient (Wildman–Crippen LogP) is 4.25. The molecule has 0 saturated heterocycles. The summed E-state index contributed by atoms with van der Waals surface area (Å²) in [6.07, 6.45) is 5.63. The van der Waals surface area contributed by atoms with Gasteiger partial charge in [-0.25, -0.2) is 4.79 Å². The fraction of sp³-hybridized carbons (Fsp3) is 0.417. The average molecular weight is 424 g/mol. The molecule has 2 aromatic rings. The summed E-state index contributed by atoms with van der Waals surface area (Å²) >= 11 is 0. The van der Waals surface area contributed by atoms with Crippen LogP contribution in [0.15, 0.2) is 42.5 Å². The average Bonchev–Trinajstić information content (AvgIpc) is 2.77. The Balaban J connectivity index is 1.35. The third-order valence-electron chi connectivity index (χ3n) is 5.71. The molecule has 1 aliphatic carbocycles. The van der Waals surface area contributed by atoms with Crippen LogP contribution < -0.4 is 25.0 Å². The zero-order chi connectivity index (χ0) is 21.6. The highest BCUT2D eigenvalue weighted by Gasteiger charge is 2.26. The molecule has 2 N–H and O–H groups in total. The van der Waals surface area contributed by atoms with E-state index < -0.39 is 0 Å². The lowest BCUT2D eigenvalue weighted by atomic mass is 9.96. The molecule has 7 heteroatoms. The van der Waals surface area contributed by atoms with E-state index in [1.807, 2.05) is 31.2 Å². The summed E-state index contributed by atoms with van der Waals surface area (Å²) in [5.74, 6) is 1.23. The van der Waals surface area contributed by atoms with Gasteiger partial charge in [0.05, 0.1) is 12.2 Å². The number of fused-ring (bicyclic) bond motifs is 1. The van der Waals surface area contributed by atoms with Crippen molar-refractivity contribution in [3.63, 3.8) is 0 Å². The van der Waals surface area contributed by atoms with E-state index in [2.05, 4.69) is 10.6 Å². The van der Waals surface area contributed by atoms with Gasteiger partial charge in [0.2, 0.25) is 0 Å². The molecule has 0 bridgehead atoms. The number of anilines is 2. The van der Waals surface area contributed by atoms with Crippen molar-refractivity contribution in [2.75, 3.05) is 30.0 Å². The van der Waals surface area contributed by atoms with Crippen LogP contribution >= 0.6 is 0 Å². The van der Waals surface area contributed by atoms with Crippen molar-refractivity contribution in [2.24, 2.45) is 0 Å². The fourth-order valence-electron chi connectivity index (χ4n) is 4.02. The number of amides is 3. The van der Waals surface area contributed by atoms with Crippen LogP contribution in [0.4, 0.5) is 16.2 Å². The molecule has 164 valence electrons. The van der Waals surface area contributed by atoms with E-state index >= 15 is 0 Å². The van der Waals surface area contributed by atoms with E-state index in [4.69, 9.17) is 9.47 Å². The lowest BCUT2D eigenvalue weighted by molar-refractivity contribution is -0.121. The number of nitrogens with one attached hydrogen (secondary N) is 2. The first kappa shape index (κ1) is 21.0. The van der Waals surface area contributed by atoms with Crippen molar-refractivity contribution in [3.05, 3.63) is 48.0 Å². The van der Waals surface area contributed by atoms with Crippen molar-refractivity contribution in [3.8, 4) is 11.5 Å². The minimum Gasteiger partial charge on any atom is -0.492 e. The first-order valence-corrected chi connectivity index (χ1v) is 10.9. The number of benzene rings is 2. The minimum absolute atomic E-state index is 0.0325. The summed E-state index contributed by atoms with van der Waals surface area (Å²) in [6, 6.07) is 13.2. The third-order valence-corrected chi connectivity index (χ3v) is 5.71. The van der Waals surface area contributed by atoms with Crippen LogP contribution in [0.2, 0.25) is 0 Å². The second-order valence-corrected chi connectivity index (χ2v) is 8.11. The monoisotopic (exact) mass is 423 g/mol. The summed E-state index contributed by atoms with van der Waals surface area (Å²) in [6.45, 7) is 2.78. The van der Waals surface area contributed by atoms with Gasteiger partial charge in [-0.3, -0.25) is 4.79 Å². The third kappa shape index (κ3) is 5.48. The van der Waals surface area contributed by atoms with E-state index in [1.165, 1.54) is 12.0 Å². The maximum absolute atomic E-state index is 12.4. The number of carbonyl (C=O) groups is 2. The molecule has 0 spiro atoms. The van der Waals surface area contributed by atoms with Gasteiger partial charge < -0.3 is 25.0 Å². The van der Waals surface area contributed by atoms with Gasteiger partial charge >= 0.3 is 6.03 Å². The van der Waals surface area contributed by atoms with Gasteiger partial charge in [-0.1, -0.05) is 37.0 Å². The number of hydrogen-bond donors (Lipinski definition) is 2. The molecule has 1 fully saturated rings. The molecule has 0 aromatic heterocycles. The number of urea groups is 1. The molecule has 1 aliphatic heterocycles. The molecule has 0 atom stereocenters. The summed E-state index contributed by atoms with van der Waals surface area (Å²) in [7, 11) is 0. The second-order valence-electron chi connectivity index (χ2n) is 8.11. The molecule has 4 rings (SSSR count). The van der Waals surface area contributed by atoms with E-state index in [0.717, 1.165) is 31.4 Å². The number of ether oxygens (including phenoxy) is 2. The summed E-state index contributed by atoms with van der Waals surface area (Å²) in [5, 5.41) is 5.91. The van der Waals surface area contributed by atoms with Crippen molar-refractivity contribution in [1.29, 1.82) is 0 Å². The Morgan fingerprint density at radius 2 is 1.90 bits per heavy atom. The smallest absolute Gasteiger partial charge is 0.319 e. The molecular weight excluding hydrogens is 394 g/mol. The summed E-state index contributed by atoms with van der Waals surface area (Å²) in [5.41, 5.74) is 2.49. The highest BCUT2D eigenvalue weighted by Crippen LogP contribution is 2.34. The molecule has 1 heterocycles. The highest BCUT2D eigenvalue weighted by molar-refractivity contribution is 5.99. The fourth-order valence-corrected chi connectivity index (χ4v) is 4.02. The van der Waals surface area contributed by atoms with Gasteiger partial charge in [-0.15, -0.1) is 0 Å². The number of rotatable bonds is 6. The van der Waals surface area contributed by atoms with Crippen molar-refractivity contribution in [1.82, 2.24) is 5.32 Å². The molecule has 31 heavy (non-hydrogen) atoms. The molecule has 2 aliphatic rings. The number of aryl methyl sites for hydroxylation is 1. The first-order chi connectivity index (χ1) is 15.1. The normalized spacial score (nSPS) is 16.3. The Morgan fingerprint density at radius 3 is 2.68 bits per heavy atom. The number of hydrogen-bond acceptors (Lipinski definition) is 4. The maximum atomic E-state index is 12.4. The largest absolute Gasteiger partial charge is 0.492 e. The van der Waals surface area contributed by atoms with Crippen LogP contribution in [0.1, 0.15) is 37.7 Å². The lowest BCUT2D eigenvalue weighted by Gasteiger charge is -2.29. The molecule has 0 radical (unpaired) electrons. The van der Waals surface area contributed by atoms with Crippen LogP contribution in [0.3, 0.4) is 0 Å². The topological polar surface area (TPSA) is 79.9 Å². The molecule has 2 aromatic carbocycles. The molecule has 1 saturated carbocycles. The highest BCUT2D eigenvalue weighted by atomic mass is 16.5. The zero-order valence-corrected chi connectivity index (χ0v) is 17.9. The summed E-state index contributed by atoms with van der Waals surface area (Å²) in [4.78, 5) is 26.4. The quantitative estimate of drug-likeness (QED) is 0.728. The Morgan fingerprint density at radius 1 is 1.13 bits per heavy atom. The van der Waals surface area contributed by atoms with Crippen molar-refractivity contribution >= 4 is 23.3 Å². The molecule has 7 nitrogen and oxygen atoms in total. The SMILES string of the molecule is Cc1ccc(OCCN2C(=O)COc3cc(NC(=O)NC4CCCCC4)ccc32)cc1. The Kier molecular flexibility index (Phi) is 6.60. The van der Waals surface area contributed by atoms with E-state index in [9.17, 15) is 9.59 Å². The predicted molar refractivity (Wildman–Crippen MR) is 120 cm³/mol. The molecular formula is C24H29N3O4. The van der Waals surface area contributed by atoms with Crippen LogP contribution in [0, 0.1) is 6.92 Å². The standard InChI is InChI=1S/C24H29N3O4/c1-17-7-10-20(11-8-17)30-14-13-27-21-12-9-19(15-22(21)31-16-23(27)28)26-24(29)25-18-5-3-2-4-6-18/h7-12,15,18H,2-6,13-14,16H2,1H3,(H2,25,26,29). The minimum atomic E-state index is -0.206. The number of carbonyl (C=O) groups excluding carboxylic acids is 2. The van der Waals surface area contributed by atoms with E-state index in [0.29, 0.717) is 30.3 Å².